The van der Waals surface area contributed by atoms with Gasteiger partial charge < -0.3 is 20.1 Å². The fraction of sp³-hybridized carbons (Fsp3) is 0.650. The molecule has 0 radical (unpaired) electrons. The monoisotopic (exact) mass is 475 g/mol. The molecule has 5 nitrogen and oxygen atoms in total. The van der Waals surface area contributed by atoms with E-state index >= 15 is 0 Å². The Labute approximate surface area is 175 Å². The summed E-state index contributed by atoms with van der Waals surface area (Å²) in [5.41, 5.74) is 1.28. The Hall–Kier alpha value is -1.02. The first-order valence-electron chi connectivity index (χ1n) is 9.50. The molecule has 26 heavy (non-hydrogen) atoms. The number of halogens is 1. The molecule has 1 unspecified atom stereocenters. The van der Waals surface area contributed by atoms with E-state index in [2.05, 4.69) is 53.7 Å². The molecule has 1 fully saturated rings. The van der Waals surface area contributed by atoms with Crippen molar-refractivity contribution in [2.24, 2.45) is 4.99 Å². The van der Waals surface area contributed by atoms with Crippen LogP contribution in [0.1, 0.15) is 45.1 Å². The number of guanidine groups is 1. The molecule has 1 aliphatic rings. The molecule has 0 bridgehead atoms. The Morgan fingerprint density at radius 3 is 2.54 bits per heavy atom. The molecule has 0 amide bonds. The normalized spacial score (nSPS) is 16.0. The smallest absolute Gasteiger partial charge is 0.191 e. The van der Waals surface area contributed by atoms with Crippen LogP contribution in [0.3, 0.4) is 0 Å². The van der Waals surface area contributed by atoms with Crippen molar-refractivity contribution in [3.63, 3.8) is 0 Å². The van der Waals surface area contributed by atoms with Crippen LogP contribution >= 0.6 is 24.0 Å². The number of ether oxygens (including phenoxy) is 2. The van der Waals surface area contributed by atoms with Crippen molar-refractivity contribution in [3.8, 4) is 5.75 Å². The first-order chi connectivity index (χ1) is 12.2. The summed E-state index contributed by atoms with van der Waals surface area (Å²) in [5.74, 6) is 1.83. The van der Waals surface area contributed by atoms with Crippen molar-refractivity contribution in [1.82, 2.24) is 10.6 Å². The van der Waals surface area contributed by atoms with Crippen molar-refractivity contribution in [3.05, 3.63) is 29.8 Å². The van der Waals surface area contributed by atoms with Gasteiger partial charge in [-0.1, -0.05) is 12.1 Å². The summed E-state index contributed by atoms with van der Waals surface area (Å²) < 4.78 is 11.2. The van der Waals surface area contributed by atoms with Gasteiger partial charge in [0.15, 0.2) is 5.96 Å². The third kappa shape index (κ3) is 8.58. The zero-order valence-electron chi connectivity index (χ0n) is 16.3. The third-order valence-electron chi connectivity index (χ3n) is 4.34. The first-order valence-corrected chi connectivity index (χ1v) is 9.50. The molecule has 1 aromatic rings. The van der Waals surface area contributed by atoms with Crippen molar-refractivity contribution in [2.45, 2.75) is 58.1 Å². The Balaban J connectivity index is 0.00000338. The molecule has 1 aromatic carbocycles. The van der Waals surface area contributed by atoms with Crippen LogP contribution < -0.4 is 15.4 Å². The zero-order chi connectivity index (χ0) is 17.9. The number of hydrogen-bond acceptors (Lipinski definition) is 3. The Kier molecular flexibility index (Phi) is 11.7. The lowest BCUT2D eigenvalue weighted by Crippen LogP contribution is -2.44. The highest BCUT2D eigenvalue weighted by atomic mass is 127. The maximum absolute atomic E-state index is 6.01. The van der Waals surface area contributed by atoms with Gasteiger partial charge in [0.2, 0.25) is 0 Å². The van der Waals surface area contributed by atoms with Crippen molar-refractivity contribution in [1.29, 1.82) is 0 Å². The average Bonchev–Trinajstić information content (AvgIpc) is 3.10. The lowest BCUT2D eigenvalue weighted by atomic mass is 10.1. The molecule has 2 N–H and O–H groups in total. The lowest BCUT2D eigenvalue weighted by Gasteiger charge is -2.17. The molecule has 6 heteroatoms. The van der Waals surface area contributed by atoms with Crippen LogP contribution in [-0.4, -0.2) is 44.9 Å². The van der Waals surface area contributed by atoms with Crippen molar-refractivity contribution >= 4 is 29.9 Å². The molecule has 1 aliphatic carbocycles. The summed E-state index contributed by atoms with van der Waals surface area (Å²) in [6, 6.07) is 8.69. The van der Waals surface area contributed by atoms with E-state index in [1.165, 1.54) is 31.2 Å². The molecule has 0 heterocycles. The fourth-order valence-corrected chi connectivity index (χ4v) is 3.08. The predicted octanol–water partition coefficient (Wildman–Crippen LogP) is 3.76. The van der Waals surface area contributed by atoms with Crippen LogP contribution in [0.25, 0.3) is 0 Å². The number of rotatable bonds is 9. The molecule has 0 aromatic heterocycles. The third-order valence-corrected chi connectivity index (χ3v) is 4.34. The van der Waals surface area contributed by atoms with Crippen LogP contribution in [-0.2, 0) is 11.2 Å². The van der Waals surface area contributed by atoms with Gasteiger partial charge in [0.25, 0.3) is 0 Å². The highest BCUT2D eigenvalue weighted by molar-refractivity contribution is 14.0. The maximum atomic E-state index is 6.01. The molecule has 0 spiro atoms. The lowest BCUT2D eigenvalue weighted by molar-refractivity contribution is 0.179. The van der Waals surface area contributed by atoms with E-state index in [4.69, 9.17) is 9.47 Å². The van der Waals surface area contributed by atoms with Crippen LogP contribution in [0.15, 0.2) is 29.3 Å². The molecule has 0 saturated heterocycles. The minimum atomic E-state index is 0. The largest absolute Gasteiger partial charge is 0.490 e. The van der Waals surface area contributed by atoms with Gasteiger partial charge in [-0.3, -0.25) is 4.99 Å². The van der Waals surface area contributed by atoms with Crippen molar-refractivity contribution in [2.75, 3.05) is 26.8 Å². The molecule has 2 rings (SSSR count). The average molecular weight is 475 g/mol. The van der Waals surface area contributed by atoms with Gasteiger partial charge in [-0.15, -0.1) is 24.0 Å². The van der Waals surface area contributed by atoms with E-state index in [1.807, 2.05) is 0 Å². The minimum Gasteiger partial charge on any atom is -0.490 e. The number of aliphatic imine (C=N–C) groups is 1. The maximum Gasteiger partial charge on any atom is 0.191 e. The summed E-state index contributed by atoms with van der Waals surface area (Å²) in [6.45, 7) is 6.41. The summed E-state index contributed by atoms with van der Waals surface area (Å²) in [4.78, 5) is 4.64. The number of benzene rings is 1. The highest BCUT2D eigenvalue weighted by Gasteiger charge is 2.16. The second kappa shape index (κ2) is 13.2. The SMILES string of the molecule is CCNC(=NCCc1ccc(OC2CCCC2)cc1)NC(C)COC.I. The summed E-state index contributed by atoms with van der Waals surface area (Å²) >= 11 is 0. The number of methoxy groups -OCH3 is 1. The predicted molar refractivity (Wildman–Crippen MR) is 119 cm³/mol. The second-order valence-electron chi connectivity index (χ2n) is 6.68. The number of nitrogens with one attached hydrogen (secondary N) is 2. The highest BCUT2D eigenvalue weighted by Crippen LogP contribution is 2.24. The van der Waals surface area contributed by atoms with Crippen LogP contribution in [0.5, 0.6) is 5.75 Å². The standard InChI is InChI=1S/C20H33N3O2.HI/c1-4-21-20(23-16(2)15-24-3)22-14-13-17-9-11-19(12-10-17)25-18-7-5-6-8-18;/h9-12,16,18H,4-8,13-15H2,1-3H3,(H2,21,22,23);1H. The van der Waals surface area contributed by atoms with E-state index in [9.17, 15) is 0 Å². The zero-order valence-corrected chi connectivity index (χ0v) is 18.6. The van der Waals surface area contributed by atoms with Gasteiger partial charge in [-0.25, -0.2) is 0 Å². The Morgan fingerprint density at radius 2 is 1.92 bits per heavy atom. The quantitative estimate of drug-likeness (QED) is 0.325. The number of nitrogens with zero attached hydrogens (tertiary/aromatic N) is 1. The molecular formula is C20H34IN3O2. The second-order valence-corrected chi connectivity index (χ2v) is 6.68. The van der Waals surface area contributed by atoms with Gasteiger partial charge in [0.05, 0.1) is 12.7 Å². The van der Waals surface area contributed by atoms with E-state index in [0.717, 1.165) is 31.2 Å². The van der Waals surface area contributed by atoms with Crippen LogP contribution in [0, 0.1) is 0 Å². The van der Waals surface area contributed by atoms with E-state index in [1.54, 1.807) is 7.11 Å². The van der Waals surface area contributed by atoms with Gasteiger partial charge in [0.1, 0.15) is 5.75 Å². The van der Waals surface area contributed by atoms with Gasteiger partial charge in [-0.2, -0.15) is 0 Å². The Morgan fingerprint density at radius 1 is 1.23 bits per heavy atom. The summed E-state index contributed by atoms with van der Waals surface area (Å²) in [6.07, 6.45) is 6.31. The minimum absolute atomic E-state index is 0. The molecular weight excluding hydrogens is 441 g/mol. The van der Waals surface area contributed by atoms with E-state index in [-0.39, 0.29) is 30.0 Å². The van der Waals surface area contributed by atoms with Gasteiger partial charge >= 0.3 is 0 Å². The van der Waals surface area contributed by atoms with Crippen molar-refractivity contribution < 1.29 is 9.47 Å². The molecule has 0 aliphatic heterocycles. The fourth-order valence-electron chi connectivity index (χ4n) is 3.08. The summed E-state index contributed by atoms with van der Waals surface area (Å²) in [7, 11) is 1.71. The van der Waals surface area contributed by atoms with Crippen LogP contribution in [0.2, 0.25) is 0 Å². The molecule has 148 valence electrons. The van der Waals surface area contributed by atoms with Gasteiger partial charge in [0, 0.05) is 26.2 Å². The molecule has 1 saturated carbocycles. The van der Waals surface area contributed by atoms with Gasteiger partial charge in [-0.05, 0) is 63.6 Å². The number of hydrogen-bond donors (Lipinski definition) is 2. The van der Waals surface area contributed by atoms with E-state index in [0.29, 0.717) is 12.7 Å². The van der Waals surface area contributed by atoms with E-state index < -0.39 is 0 Å². The summed E-state index contributed by atoms with van der Waals surface area (Å²) in [5, 5.41) is 6.62. The van der Waals surface area contributed by atoms with Crippen LogP contribution in [0.4, 0.5) is 0 Å². The first kappa shape index (κ1) is 23.0. The Bertz CT molecular complexity index is 516. The topological polar surface area (TPSA) is 54.9 Å². The molecule has 1 atom stereocenters.